The fourth-order valence-corrected chi connectivity index (χ4v) is 2.72. The van der Waals surface area contributed by atoms with Gasteiger partial charge in [-0.05, 0) is 55.8 Å². The lowest BCUT2D eigenvalue weighted by molar-refractivity contribution is -0.119. The number of nitrogens with one attached hydrogen (secondary N) is 1. The van der Waals surface area contributed by atoms with Gasteiger partial charge in [-0.1, -0.05) is 17.7 Å². The van der Waals surface area contributed by atoms with Crippen LogP contribution in [0.1, 0.15) is 18.5 Å². The predicted octanol–water partition coefficient (Wildman–Crippen LogP) is 3.48. The van der Waals surface area contributed by atoms with Crippen molar-refractivity contribution in [3.05, 3.63) is 69.7 Å². The van der Waals surface area contributed by atoms with E-state index in [4.69, 9.17) is 16.3 Å². The largest absolute Gasteiger partial charge is 0.497 e. The summed E-state index contributed by atoms with van der Waals surface area (Å²) in [6.07, 6.45) is 1.45. The topological polar surface area (TPSA) is 86.1 Å². The first-order chi connectivity index (χ1) is 13.4. The number of halogens is 1. The minimum Gasteiger partial charge on any atom is -0.497 e. The molecule has 3 rings (SSSR count). The number of hydrogen-bond donors (Lipinski definition) is 1. The fraction of sp³-hybridized carbons (Fsp3) is 0.200. The lowest BCUT2D eigenvalue weighted by Crippen LogP contribution is -2.34. The number of hydrogen-bond acceptors (Lipinski definition) is 5. The molecule has 0 spiro atoms. The summed E-state index contributed by atoms with van der Waals surface area (Å²) in [5.41, 5.74) is 1.98. The maximum atomic E-state index is 12.5. The Hall–Kier alpha value is -3.19. The van der Waals surface area contributed by atoms with Gasteiger partial charge in [0.15, 0.2) is 0 Å². The summed E-state index contributed by atoms with van der Waals surface area (Å²) in [4.78, 5) is 28.9. The van der Waals surface area contributed by atoms with Gasteiger partial charge in [-0.25, -0.2) is 9.48 Å². The summed E-state index contributed by atoms with van der Waals surface area (Å²) in [5, 5.41) is 7.39. The molecule has 0 aliphatic rings. The molecule has 1 amide bonds. The van der Waals surface area contributed by atoms with Gasteiger partial charge in [0.2, 0.25) is 5.91 Å². The average molecular weight is 399 g/mol. The maximum Gasteiger partial charge on any atom is 0.365 e. The molecule has 28 heavy (non-hydrogen) atoms. The molecule has 0 radical (unpaired) electrons. The van der Waals surface area contributed by atoms with Crippen LogP contribution >= 0.6 is 11.6 Å². The van der Waals surface area contributed by atoms with E-state index >= 15 is 0 Å². The Kier molecular flexibility index (Phi) is 5.75. The van der Waals surface area contributed by atoms with Crippen LogP contribution in [-0.2, 0) is 4.79 Å². The molecule has 144 valence electrons. The van der Waals surface area contributed by atoms with E-state index in [9.17, 15) is 9.59 Å². The summed E-state index contributed by atoms with van der Waals surface area (Å²) < 4.78 is 6.15. The number of amides is 1. The summed E-state index contributed by atoms with van der Waals surface area (Å²) in [5.74, 6) is 0.306. The van der Waals surface area contributed by atoms with Crippen LogP contribution in [0.15, 0.2) is 53.5 Å². The molecule has 0 saturated heterocycles. The van der Waals surface area contributed by atoms with Crippen LogP contribution in [0.5, 0.6) is 5.75 Å². The van der Waals surface area contributed by atoms with Crippen LogP contribution in [-0.4, -0.2) is 27.8 Å². The maximum absolute atomic E-state index is 12.5. The van der Waals surface area contributed by atoms with Crippen molar-refractivity contribution < 1.29 is 9.53 Å². The van der Waals surface area contributed by atoms with Crippen LogP contribution in [0.4, 0.5) is 5.69 Å². The monoisotopic (exact) mass is 398 g/mol. The van der Waals surface area contributed by atoms with Crippen molar-refractivity contribution in [2.45, 2.75) is 19.9 Å². The lowest BCUT2D eigenvalue weighted by Gasteiger charge is -2.14. The van der Waals surface area contributed by atoms with E-state index in [0.717, 1.165) is 15.8 Å². The molecule has 1 heterocycles. The van der Waals surface area contributed by atoms with Gasteiger partial charge in [0.25, 0.3) is 0 Å². The minimum atomic E-state index is -0.843. The molecule has 2 aromatic carbocycles. The second-order valence-corrected chi connectivity index (χ2v) is 6.63. The number of aromatic nitrogens is 3. The molecule has 3 aromatic rings. The normalized spacial score (nSPS) is 11.7. The number of benzene rings is 2. The quantitative estimate of drug-likeness (QED) is 0.711. The van der Waals surface area contributed by atoms with E-state index in [2.05, 4.69) is 15.4 Å². The van der Waals surface area contributed by atoms with Crippen molar-refractivity contribution in [2.75, 3.05) is 12.4 Å². The highest BCUT2D eigenvalue weighted by Crippen LogP contribution is 2.21. The molecule has 1 atom stereocenters. The zero-order chi connectivity index (χ0) is 20.3. The van der Waals surface area contributed by atoms with Crippen LogP contribution in [0, 0.1) is 6.92 Å². The van der Waals surface area contributed by atoms with Gasteiger partial charge in [0.1, 0.15) is 11.8 Å². The zero-order valence-corrected chi connectivity index (χ0v) is 16.4. The summed E-state index contributed by atoms with van der Waals surface area (Å²) in [6, 6.07) is 11.5. The van der Waals surface area contributed by atoms with Gasteiger partial charge in [-0.15, -0.1) is 0 Å². The predicted molar refractivity (Wildman–Crippen MR) is 108 cm³/mol. The summed E-state index contributed by atoms with van der Waals surface area (Å²) >= 11 is 6.08. The number of rotatable bonds is 5. The Morgan fingerprint density at radius 3 is 2.54 bits per heavy atom. The molecule has 0 aliphatic heterocycles. The Morgan fingerprint density at radius 1 is 1.21 bits per heavy atom. The van der Waals surface area contributed by atoms with E-state index in [0.29, 0.717) is 22.2 Å². The van der Waals surface area contributed by atoms with E-state index < -0.39 is 17.6 Å². The van der Waals surface area contributed by atoms with Crippen LogP contribution < -0.4 is 15.7 Å². The number of ether oxygens (including phenoxy) is 1. The van der Waals surface area contributed by atoms with Crippen LogP contribution in [0.2, 0.25) is 5.02 Å². The standard InChI is InChI=1S/C20H19ClN4O3/c1-12-4-7-15(10-17(12)21)23-19(26)13(2)25-20(27)24-18(11-22-25)14-5-8-16(28-3)9-6-14/h4-11,13H,1-3H3,(H,23,26)/t13-/m1/s1. The molecule has 0 aliphatic carbocycles. The highest BCUT2D eigenvalue weighted by atomic mass is 35.5. The Bertz CT molecular complexity index is 1060. The third kappa shape index (κ3) is 4.20. The molecule has 1 aromatic heterocycles. The molecule has 8 heteroatoms. The number of nitrogens with zero attached hydrogens (tertiary/aromatic N) is 3. The number of anilines is 1. The Balaban J connectivity index is 1.79. The van der Waals surface area contributed by atoms with Gasteiger partial charge in [0.05, 0.1) is 19.0 Å². The van der Waals surface area contributed by atoms with Crippen LogP contribution in [0.25, 0.3) is 11.3 Å². The van der Waals surface area contributed by atoms with Crippen molar-refractivity contribution in [2.24, 2.45) is 0 Å². The van der Waals surface area contributed by atoms with E-state index in [1.807, 2.05) is 6.92 Å². The first kappa shape index (κ1) is 19.6. The molecule has 1 N–H and O–H groups in total. The van der Waals surface area contributed by atoms with Gasteiger partial charge in [-0.2, -0.15) is 10.1 Å². The van der Waals surface area contributed by atoms with Gasteiger partial charge >= 0.3 is 5.69 Å². The summed E-state index contributed by atoms with van der Waals surface area (Å²) in [7, 11) is 1.58. The molecule has 0 bridgehead atoms. The highest BCUT2D eigenvalue weighted by molar-refractivity contribution is 6.31. The van der Waals surface area contributed by atoms with E-state index in [1.165, 1.54) is 6.20 Å². The summed E-state index contributed by atoms with van der Waals surface area (Å²) in [6.45, 7) is 3.45. The smallest absolute Gasteiger partial charge is 0.365 e. The first-order valence-electron chi connectivity index (χ1n) is 8.56. The van der Waals surface area contributed by atoms with Crippen molar-refractivity contribution in [3.8, 4) is 17.0 Å². The molecule has 0 fully saturated rings. The van der Waals surface area contributed by atoms with E-state index in [-0.39, 0.29) is 0 Å². The van der Waals surface area contributed by atoms with Gasteiger partial charge in [0, 0.05) is 16.3 Å². The second-order valence-electron chi connectivity index (χ2n) is 6.23. The van der Waals surface area contributed by atoms with Crippen molar-refractivity contribution in [3.63, 3.8) is 0 Å². The van der Waals surface area contributed by atoms with Gasteiger partial charge in [-0.3, -0.25) is 4.79 Å². The SMILES string of the molecule is COc1ccc(-c2cnn([C@H](C)C(=O)Nc3ccc(C)c(Cl)c3)c(=O)n2)cc1. The minimum absolute atomic E-state index is 0.395. The molecular formula is C20H19ClN4O3. The Morgan fingerprint density at radius 2 is 1.93 bits per heavy atom. The Labute approximate surface area is 166 Å². The van der Waals surface area contributed by atoms with Gasteiger partial charge < -0.3 is 10.1 Å². The number of carbonyl (C=O) groups is 1. The molecule has 0 unspecified atom stereocenters. The molecule has 0 saturated carbocycles. The lowest BCUT2D eigenvalue weighted by atomic mass is 10.1. The third-order valence-electron chi connectivity index (χ3n) is 4.29. The first-order valence-corrected chi connectivity index (χ1v) is 8.94. The molecular weight excluding hydrogens is 380 g/mol. The van der Waals surface area contributed by atoms with Crippen molar-refractivity contribution >= 4 is 23.2 Å². The van der Waals surface area contributed by atoms with Crippen molar-refractivity contribution in [1.29, 1.82) is 0 Å². The number of carbonyl (C=O) groups excluding carboxylic acids is 1. The molecule has 7 nitrogen and oxygen atoms in total. The van der Waals surface area contributed by atoms with Crippen LogP contribution in [0.3, 0.4) is 0 Å². The second kappa shape index (κ2) is 8.22. The number of methoxy groups -OCH3 is 1. The highest BCUT2D eigenvalue weighted by Gasteiger charge is 2.19. The fourth-order valence-electron chi connectivity index (χ4n) is 2.54. The number of aryl methyl sites for hydroxylation is 1. The van der Waals surface area contributed by atoms with E-state index in [1.54, 1.807) is 56.5 Å². The average Bonchev–Trinajstić information content (AvgIpc) is 2.70. The van der Waals surface area contributed by atoms with Crippen molar-refractivity contribution in [1.82, 2.24) is 14.8 Å². The zero-order valence-electron chi connectivity index (χ0n) is 15.6. The third-order valence-corrected chi connectivity index (χ3v) is 4.70.